The predicted molar refractivity (Wildman–Crippen MR) is 94.7 cm³/mol. The van der Waals surface area contributed by atoms with E-state index >= 15 is 0 Å². The molecule has 124 valence electrons. The first-order valence-electron chi connectivity index (χ1n) is 8.26. The third kappa shape index (κ3) is 5.94. The third-order valence-electron chi connectivity index (χ3n) is 4.52. The highest BCUT2D eigenvalue weighted by Gasteiger charge is 2.39. The number of aliphatic hydroxyl groups is 2. The molecule has 22 heavy (non-hydrogen) atoms. The second-order valence-corrected chi connectivity index (χ2v) is 7.14. The van der Waals surface area contributed by atoms with Crippen LogP contribution in [0.2, 0.25) is 0 Å². The molecule has 2 nitrogen and oxygen atoms in total. The van der Waals surface area contributed by atoms with Crippen molar-refractivity contribution in [2.24, 2.45) is 0 Å². The molecule has 0 spiro atoms. The van der Waals surface area contributed by atoms with Gasteiger partial charge in [0.25, 0.3) is 0 Å². The van der Waals surface area contributed by atoms with Crippen molar-refractivity contribution in [3.63, 3.8) is 0 Å². The lowest BCUT2D eigenvalue weighted by molar-refractivity contribution is -0.104. The Hall–Kier alpha value is -1.12. The lowest BCUT2D eigenvalue weighted by atomic mass is 9.80. The van der Waals surface area contributed by atoms with Gasteiger partial charge in [0.1, 0.15) is 5.60 Å². The Kier molecular flexibility index (Phi) is 6.83. The first-order chi connectivity index (χ1) is 10.1. The molecule has 1 aliphatic rings. The van der Waals surface area contributed by atoms with E-state index in [9.17, 15) is 10.2 Å². The van der Waals surface area contributed by atoms with Gasteiger partial charge in [0.2, 0.25) is 0 Å². The zero-order chi connectivity index (χ0) is 16.8. The van der Waals surface area contributed by atoms with Crippen LogP contribution in [0.15, 0.2) is 47.1 Å². The predicted octanol–water partition coefficient (Wildman–Crippen LogP) is 4.85. The van der Waals surface area contributed by atoms with Crippen LogP contribution < -0.4 is 0 Å². The summed E-state index contributed by atoms with van der Waals surface area (Å²) in [6.45, 7) is 9.66. The van der Waals surface area contributed by atoms with E-state index in [-0.39, 0.29) is 0 Å². The zero-order valence-corrected chi connectivity index (χ0v) is 14.8. The van der Waals surface area contributed by atoms with Crippen LogP contribution in [-0.2, 0) is 0 Å². The van der Waals surface area contributed by atoms with Gasteiger partial charge < -0.3 is 10.2 Å². The number of hydrogen-bond donors (Lipinski definition) is 2. The Labute approximate surface area is 135 Å². The van der Waals surface area contributed by atoms with Gasteiger partial charge in [-0.25, -0.2) is 0 Å². The molecule has 0 saturated carbocycles. The molecule has 2 heteroatoms. The van der Waals surface area contributed by atoms with Crippen molar-refractivity contribution in [2.45, 2.75) is 77.9 Å². The highest BCUT2D eigenvalue weighted by molar-refractivity contribution is 5.23. The molecule has 0 amide bonds. The van der Waals surface area contributed by atoms with Crippen LogP contribution in [0.1, 0.15) is 66.7 Å². The molecule has 0 aromatic heterocycles. The maximum absolute atomic E-state index is 10.9. The largest absolute Gasteiger partial charge is 0.387 e. The van der Waals surface area contributed by atoms with Crippen molar-refractivity contribution in [3.05, 3.63) is 47.1 Å². The minimum Gasteiger partial charge on any atom is -0.387 e. The van der Waals surface area contributed by atoms with Crippen LogP contribution in [-0.4, -0.2) is 21.4 Å². The fourth-order valence-corrected chi connectivity index (χ4v) is 2.51. The van der Waals surface area contributed by atoms with Gasteiger partial charge in [0, 0.05) is 0 Å². The number of hydrogen-bond acceptors (Lipinski definition) is 2. The summed E-state index contributed by atoms with van der Waals surface area (Å²) in [6, 6.07) is 0. The van der Waals surface area contributed by atoms with E-state index < -0.39 is 11.2 Å². The van der Waals surface area contributed by atoms with Crippen molar-refractivity contribution in [1.82, 2.24) is 0 Å². The number of rotatable bonds is 1. The van der Waals surface area contributed by atoms with Crippen molar-refractivity contribution in [1.29, 1.82) is 0 Å². The van der Waals surface area contributed by atoms with E-state index in [0.717, 1.165) is 31.3 Å². The Morgan fingerprint density at radius 1 is 1.00 bits per heavy atom. The van der Waals surface area contributed by atoms with Crippen LogP contribution in [0.25, 0.3) is 0 Å². The summed E-state index contributed by atoms with van der Waals surface area (Å²) in [4.78, 5) is 0. The van der Waals surface area contributed by atoms with Crippen molar-refractivity contribution < 1.29 is 10.2 Å². The summed E-state index contributed by atoms with van der Waals surface area (Å²) >= 11 is 0. The zero-order valence-electron chi connectivity index (χ0n) is 14.8. The Bertz CT molecular complexity index is 486. The third-order valence-corrected chi connectivity index (χ3v) is 4.52. The molecule has 0 aliphatic heterocycles. The molecule has 0 aromatic rings. The summed E-state index contributed by atoms with van der Waals surface area (Å²) in [5, 5.41) is 21.3. The quantitative estimate of drug-likeness (QED) is 0.680. The summed E-state index contributed by atoms with van der Waals surface area (Å²) in [5.74, 6) is 0. The SMILES string of the molecule is CC1=C/C/C=C(\C)CC/C=C(\C)CC[C@@](O)(C(C)(C)O)\C=C\1. The molecular formula is C20H32O2. The second kappa shape index (κ2) is 7.94. The molecule has 1 aliphatic carbocycles. The molecule has 0 bridgehead atoms. The molecule has 1 rings (SSSR count). The van der Waals surface area contributed by atoms with E-state index in [1.165, 1.54) is 11.1 Å². The monoisotopic (exact) mass is 304 g/mol. The van der Waals surface area contributed by atoms with Gasteiger partial charge in [-0.3, -0.25) is 0 Å². The lowest BCUT2D eigenvalue weighted by Gasteiger charge is -2.37. The Morgan fingerprint density at radius 3 is 2.27 bits per heavy atom. The summed E-state index contributed by atoms with van der Waals surface area (Å²) in [5.41, 5.74) is 1.41. The molecule has 0 saturated heterocycles. The minimum absolute atomic E-state index is 0.525. The van der Waals surface area contributed by atoms with Crippen molar-refractivity contribution in [2.75, 3.05) is 0 Å². The fraction of sp³-hybridized carbons (Fsp3) is 0.600. The van der Waals surface area contributed by atoms with Crippen LogP contribution in [0.5, 0.6) is 0 Å². The summed E-state index contributed by atoms with van der Waals surface area (Å²) in [7, 11) is 0. The van der Waals surface area contributed by atoms with E-state index in [4.69, 9.17) is 0 Å². The fourth-order valence-electron chi connectivity index (χ4n) is 2.51. The topological polar surface area (TPSA) is 40.5 Å². The molecule has 0 fully saturated rings. The smallest absolute Gasteiger partial charge is 0.111 e. The molecule has 0 unspecified atom stereocenters. The maximum Gasteiger partial charge on any atom is 0.111 e. The van der Waals surface area contributed by atoms with Gasteiger partial charge >= 0.3 is 0 Å². The molecule has 0 aromatic carbocycles. The van der Waals surface area contributed by atoms with E-state index in [1.807, 2.05) is 13.0 Å². The highest BCUT2D eigenvalue weighted by Crippen LogP contribution is 2.30. The Balaban J connectivity index is 3.08. The standard InChI is InChI=1S/C20H32O2/c1-16-8-6-10-17(2)12-14-20(22,19(4,5)21)15-13-18(3)11-7-9-16/h8,10-12,14,21-22H,6-7,9,13,15H2,1-5H3/b14-12+,16-8+,17-10-,18-11+/t20-/m1/s1. The summed E-state index contributed by atoms with van der Waals surface area (Å²) < 4.78 is 0. The van der Waals surface area contributed by atoms with Crippen molar-refractivity contribution >= 4 is 0 Å². The normalized spacial score (nSPS) is 34.4. The molecule has 1 atom stereocenters. The van der Waals surface area contributed by atoms with Crippen LogP contribution in [0.4, 0.5) is 0 Å². The van der Waals surface area contributed by atoms with E-state index in [1.54, 1.807) is 19.9 Å². The van der Waals surface area contributed by atoms with Crippen LogP contribution in [0.3, 0.4) is 0 Å². The molecule has 2 N–H and O–H groups in total. The molecule has 0 radical (unpaired) electrons. The van der Waals surface area contributed by atoms with Gasteiger partial charge in [-0.1, -0.05) is 47.1 Å². The Morgan fingerprint density at radius 2 is 1.64 bits per heavy atom. The molecular weight excluding hydrogens is 272 g/mol. The minimum atomic E-state index is -1.22. The van der Waals surface area contributed by atoms with Gasteiger partial charge in [-0.05, 0) is 66.7 Å². The average molecular weight is 304 g/mol. The first-order valence-corrected chi connectivity index (χ1v) is 8.26. The van der Waals surface area contributed by atoms with E-state index in [2.05, 4.69) is 32.1 Å². The number of allylic oxidation sites excluding steroid dienone is 7. The first kappa shape index (κ1) is 18.9. The highest BCUT2D eigenvalue weighted by atomic mass is 16.4. The van der Waals surface area contributed by atoms with Gasteiger partial charge in [0.15, 0.2) is 0 Å². The van der Waals surface area contributed by atoms with Crippen LogP contribution >= 0.6 is 0 Å². The van der Waals surface area contributed by atoms with E-state index in [0.29, 0.717) is 6.42 Å². The average Bonchev–Trinajstić information content (AvgIpc) is 2.41. The van der Waals surface area contributed by atoms with Crippen molar-refractivity contribution in [3.8, 4) is 0 Å². The van der Waals surface area contributed by atoms with Crippen LogP contribution in [0, 0.1) is 0 Å². The second-order valence-electron chi connectivity index (χ2n) is 7.14. The van der Waals surface area contributed by atoms with Gasteiger partial charge in [0.05, 0.1) is 5.60 Å². The summed E-state index contributed by atoms with van der Waals surface area (Å²) in [6.07, 6.45) is 14.7. The van der Waals surface area contributed by atoms with Gasteiger partial charge in [-0.15, -0.1) is 0 Å². The molecule has 0 heterocycles. The lowest BCUT2D eigenvalue weighted by Crippen LogP contribution is -2.48. The maximum atomic E-state index is 10.9. The van der Waals surface area contributed by atoms with Gasteiger partial charge in [-0.2, -0.15) is 0 Å².